The van der Waals surface area contributed by atoms with Gasteiger partial charge in [-0.05, 0) is 23.6 Å². The van der Waals surface area contributed by atoms with Gasteiger partial charge in [-0.2, -0.15) is 5.10 Å². The molecule has 0 radical (unpaired) electrons. The Labute approximate surface area is 116 Å². The third-order valence-corrected chi connectivity index (χ3v) is 3.44. The Kier molecular flexibility index (Phi) is 4.19. The highest BCUT2D eigenvalue weighted by Gasteiger charge is 2.13. The molecule has 0 bridgehead atoms. The van der Waals surface area contributed by atoms with Crippen molar-refractivity contribution in [3.05, 3.63) is 51.8 Å². The van der Waals surface area contributed by atoms with Crippen molar-refractivity contribution in [3.63, 3.8) is 0 Å². The number of nitrogens with zero attached hydrogens (tertiary/aromatic N) is 2. The van der Waals surface area contributed by atoms with E-state index < -0.39 is 0 Å². The van der Waals surface area contributed by atoms with Crippen molar-refractivity contribution in [3.8, 4) is 0 Å². The smallest absolute Gasteiger partial charge is 0.0663 e. The van der Waals surface area contributed by atoms with Crippen LogP contribution >= 0.6 is 15.9 Å². The molecule has 96 valence electrons. The van der Waals surface area contributed by atoms with E-state index in [1.54, 1.807) is 0 Å². The Morgan fingerprint density at radius 1 is 1.39 bits per heavy atom. The van der Waals surface area contributed by atoms with Crippen molar-refractivity contribution in [2.45, 2.75) is 32.9 Å². The second-order valence-corrected chi connectivity index (χ2v) is 5.62. The lowest BCUT2D eigenvalue weighted by molar-refractivity contribution is 0.613. The molecule has 0 aliphatic carbocycles. The van der Waals surface area contributed by atoms with Gasteiger partial charge in [0.2, 0.25) is 0 Å². The maximum absolute atomic E-state index is 5.76. The fourth-order valence-corrected chi connectivity index (χ4v) is 2.64. The van der Waals surface area contributed by atoms with Gasteiger partial charge in [0.25, 0.3) is 0 Å². The third-order valence-electron chi connectivity index (χ3n) is 2.95. The second kappa shape index (κ2) is 5.67. The maximum Gasteiger partial charge on any atom is 0.0663 e. The molecule has 4 heteroatoms. The summed E-state index contributed by atoms with van der Waals surface area (Å²) in [6, 6.07) is 8.30. The first kappa shape index (κ1) is 13.3. The van der Waals surface area contributed by atoms with Crippen LogP contribution in [0.5, 0.6) is 0 Å². The van der Waals surface area contributed by atoms with Crippen molar-refractivity contribution in [2.75, 3.05) is 0 Å². The summed E-state index contributed by atoms with van der Waals surface area (Å²) in [5.41, 5.74) is 9.37. The van der Waals surface area contributed by atoms with Gasteiger partial charge in [-0.25, -0.2) is 0 Å². The summed E-state index contributed by atoms with van der Waals surface area (Å²) in [4.78, 5) is 0. The van der Waals surface area contributed by atoms with Crippen molar-refractivity contribution in [1.29, 1.82) is 0 Å². The third kappa shape index (κ3) is 2.82. The Balaban J connectivity index is 2.32. The van der Waals surface area contributed by atoms with Crippen LogP contribution in [0, 0.1) is 0 Å². The highest BCUT2D eigenvalue weighted by molar-refractivity contribution is 9.10. The number of aromatic nitrogens is 2. The molecule has 1 aromatic carbocycles. The van der Waals surface area contributed by atoms with Crippen LogP contribution < -0.4 is 5.73 Å². The molecule has 18 heavy (non-hydrogen) atoms. The molecule has 2 rings (SSSR count). The minimum absolute atomic E-state index is 0.429. The molecular formula is C14H18BrN3. The minimum atomic E-state index is 0.429. The number of nitrogens with two attached hydrogens (primary N) is 1. The Bertz CT molecular complexity index is 532. The molecule has 0 aliphatic heterocycles. The summed E-state index contributed by atoms with van der Waals surface area (Å²) < 4.78 is 3.14. The maximum atomic E-state index is 5.76. The van der Waals surface area contributed by atoms with Crippen molar-refractivity contribution >= 4 is 15.9 Å². The lowest BCUT2D eigenvalue weighted by Crippen LogP contribution is -2.10. The van der Waals surface area contributed by atoms with Crippen molar-refractivity contribution in [1.82, 2.24) is 9.78 Å². The largest absolute Gasteiger partial charge is 0.326 e. The normalized spacial score (nSPS) is 11.2. The van der Waals surface area contributed by atoms with E-state index in [1.807, 2.05) is 18.3 Å². The summed E-state index contributed by atoms with van der Waals surface area (Å²) in [7, 11) is 0. The number of hydrogen-bond acceptors (Lipinski definition) is 2. The van der Waals surface area contributed by atoms with Crippen LogP contribution in [0.1, 0.15) is 36.6 Å². The number of rotatable bonds is 4. The molecule has 1 heterocycles. The number of benzene rings is 1. The van der Waals surface area contributed by atoms with Crippen LogP contribution in [0.3, 0.4) is 0 Å². The molecule has 0 fully saturated rings. The Morgan fingerprint density at radius 3 is 2.78 bits per heavy atom. The average molecular weight is 308 g/mol. The van der Waals surface area contributed by atoms with E-state index in [1.165, 1.54) is 11.3 Å². The van der Waals surface area contributed by atoms with Gasteiger partial charge in [0, 0.05) is 22.3 Å². The molecule has 0 aliphatic rings. The van der Waals surface area contributed by atoms with Gasteiger partial charge in [0.1, 0.15) is 0 Å². The molecular weight excluding hydrogens is 290 g/mol. The Hall–Kier alpha value is -1.13. The summed E-state index contributed by atoms with van der Waals surface area (Å²) in [6.45, 7) is 5.68. The molecule has 0 atom stereocenters. The van der Waals surface area contributed by atoms with Gasteiger partial charge in [-0.1, -0.05) is 41.9 Å². The first-order valence-electron chi connectivity index (χ1n) is 6.11. The number of halogens is 1. The summed E-state index contributed by atoms with van der Waals surface area (Å²) in [5, 5.41) is 4.45. The van der Waals surface area contributed by atoms with Crippen molar-refractivity contribution in [2.24, 2.45) is 5.73 Å². The lowest BCUT2D eigenvalue weighted by Gasteiger charge is -2.12. The summed E-state index contributed by atoms with van der Waals surface area (Å²) in [5.74, 6) is 0.429. The molecule has 0 saturated heterocycles. The van der Waals surface area contributed by atoms with Gasteiger partial charge >= 0.3 is 0 Å². The van der Waals surface area contributed by atoms with Gasteiger partial charge < -0.3 is 5.73 Å². The van der Waals surface area contributed by atoms with Crippen LogP contribution in [-0.4, -0.2) is 9.78 Å². The van der Waals surface area contributed by atoms with Crippen molar-refractivity contribution < 1.29 is 0 Å². The van der Waals surface area contributed by atoms with Crippen LogP contribution in [0.2, 0.25) is 0 Å². The predicted octanol–water partition coefficient (Wildman–Crippen LogP) is 3.28. The number of hydrogen-bond donors (Lipinski definition) is 1. The SMILES string of the molecule is CC(C)c1c(CN)cnn1Cc1cccc(Br)c1. The van der Waals surface area contributed by atoms with E-state index in [0.29, 0.717) is 12.5 Å². The van der Waals surface area contributed by atoms with Gasteiger partial charge in [-0.3, -0.25) is 4.68 Å². The Morgan fingerprint density at radius 2 is 2.17 bits per heavy atom. The molecule has 2 N–H and O–H groups in total. The average Bonchev–Trinajstić information content (AvgIpc) is 2.72. The van der Waals surface area contributed by atoms with Gasteiger partial charge in [0.15, 0.2) is 0 Å². The van der Waals surface area contributed by atoms with E-state index in [9.17, 15) is 0 Å². The lowest BCUT2D eigenvalue weighted by atomic mass is 10.1. The highest BCUT2D eigenvalue weighted by atomic mass is 79.9. The van der Waals surface area contributed by atoms with Crippen LogP contribution in [0.25, 0.3) is 0 Å². The fraction of sp³-hybridized carbons (Fsp3) is 0.357. The zero-order chi connectivity index (χ0) is 13.1. The standard InChI is InChI=1S/C14H18BrN3/c1-10(2)14-12(7-16)8-17-18(14)9-11-4-3-5-13(15)6-11/h3-6,8,10H,7,9,16H2,1-2H3. The first-order chi connectivity index (χ1) is 8.61. The summed E-state index contributed by atoms with van der Waals surface area (Å²) in [6.07, 6.45) is 1.88. The molecule has 0 spiro atoms. The molecule has 2 aromatic rings. The van der Waals surface area contributed by atoms with E-state index in [-0.39, 0.29) is 0 Å². The van der Waals surface area contributed by atoms with Crippen LogP contribution in [-0.2, 0) is 13.1 Å². The minimum Gasteiger partial charge on any atom is -0.326 e. The van der Waals surface area contributed by atoms with E-state index in [2.05, 4.69) is 51.7 Å². The van der Waals surface area contributed by atoms with Crippen LogP contribution in [0.15, 0.2) is 34.9 Å². The van der Waals surface area contributed by atoms with E-state index in [0.717, 1.165) is 16.6 Å². The molecule has 1 aromatic heterocycles. The molecule has 0 amide bonds. The monoisotopic (exact) mass is 307 g/mol. The van der Waals surface area contributed by atoms with Crippen LogP contribution in [0.4, 0.5) is 0 Å². The molecule has 3 nitrogen and oxygen atoms in total. The van der Waals surface area contributed by atoms with E-state index in [4.69, 9.17) is 5.73 Å². The second-order valence-electron chi connectivity index (χ2n) is 4.70. The highest BCUT2D eigenvalue weighted by Crippen LogP contribution is 2.21. The summed E-state index contributed by atoms with van der Waals surface area (Å²) >= 11 is 3.49. The fourth-order valence-electron chi connectivity index (χ4n) is 2.19. The zero-order valence-electron chi connectivity index (χ0n) is 10.7. The van der Waals surface area contributed by atoms with Gasteiger partial charge in [-0.15, -0.1) is 0 Å². The predicted molar refractivity (Wildman–Crippen MR) is 77.5 cm³/mol. The zero-order valence-corrected chi connectivity index (χ0v) is 12.3. The molecule has 0 saturated carbocycles. The first-order valence-corrected chi connectivity index (χ1v) is 6.90. The molecule has 0 unspecified atom stereocenters. The van der Waals surface area contributed by atoms with E-state index >= 15 is 0 Å². The quantitative estimate of drug-likeness (QED) is 0.942. The topological polar surface area (TPSA) is 43.8 Å². The van der Waals surface area contributed by atoms with Gasteiger partial charge in [0.05, 0.1) is 12.7 Å².